The van der Waals surface area contributed by atoms with Gasteiger partial charge in [-0.05, 0) is 12.2 Å². The van der Waals surface area contributed by atoms with Crippen molar-refractivity contribution in [2.45, 2.75) is 13.3 Å². The van der Waals surface area contributed by atoms with Crippen LogP contribution in [0.4, 0.5) is 0 Å². The fourth-order valence-corrected chi connectivity index (χ4v) is 1.55. The van der Waals surface area contributed by atoms with Crippen LogP contribution in [0.1, 0.15) is 18.1 Å². The number of H-pyrrole nitrogens is 1. The van der Waals surface area contributed by atoms with E-state index in [1.54, 1.807) is 13.1 Å². The molecule has 0 aliphatic rings. The van der Waals surface area contributed by atoms with Crippen molar-refractivity contribution in [1.82, 2.24) is 19.5 Å². The summed E-state index contributed by atoms with van der Waals surface area (Å²) < 4.78 is 1.79. The van der Waals surface area contributed by atoms with Gasteiger partial charge in [-0.25, -0.2) is 9.97 Å². The Balaban J connectivity index is 2.81. The van der Waals surface area contributed by atoms with E-state index in [1.165, 1.54) is 10.9 Å². The van der Waals surface area contributed by atoms with E-state index >= 15 is 0 Å². The van der Waals surface area contributed by atoms with Crippen LogP contribution in [-0.2, 0) is 0 Å². The van der Waals surface area contributed by atoms with Crippen LogP contribution in [0.2, 0.25) is 0 Å². The predicted molar refractivity (Wildman–Crippen MR) is 53.6 cm³/mol. The lowest BCUT2D eigenvalue weighted by Crippen LogP contribution is -2.08. The number of carbonyl (C=O) groups is 1. The topological polar surface area (TPSA) is 63.6 Å². The number of hydrogen-bond acceptors (Lipinski definition) is 4. The number of imidazole rings is 1. The Kier molecular flexibility index (Phi) is 2.12. The third-order valence-electron chi connectivity index (χ3n) is 1.91. The van der Waals surface area contributed by atoms with Crippen molar-refractivity contribution in [2.24, 2.45) is 0 Å². The second kappa shape index (κ2) is 3.30. The van der Waals surface area contributed by atoms with Gasteiger partial charge in [0.25, 0.3) is 0 Å². The Morgan fingerprint density at radius 1 is 1.71 bits per heavy atom. The Morgan fingerprint density at radius 3 is 3.21 bits per heavy atom. The average Bonchev–Trinajstić information content (AvgIpc) is 2.53. The molecule has 0 bridgehead atoms. The maximum absolute atomic E-state index is 11.5. The van der Waals surface area contributed by atoms with E-state index in [-0.39, 0.29) is 5.91 Å². The summed E-state index contributed by atoms with van der Waals surface area (Å²) in [4.78, 5) is 22.2. The Bertz CT molecular complexity index is 542. The van der Waals surface area contributed by atoms with Gasteiger partial charge in [0.2, 0.25) is 5.91 Å². The fraction of sp³-hybridized carbons (Fsp3) is 0.250. The van der Waals surface area contributed by atoms with Crippen LogP contribution >= 0.6 is 12.2 Å². The molecule has 5 nitrogen and oxygen atoms in total. The molecule has 0 aromatic carbocycles. The number of fused-ring (bicyclic) bond motifs is 1. The van der Waals surface area contributed by atoms with Crippen LogP contribution in [0.5, 0.6) is 0 Å². The van der Waals surface area contributed by atoms with Gasteiger partial charge < -0.3 is 4.98 Å². The number of carbonyl (C=O) groups excluding carboxylic acids is 1. The molecule has 6 heteroatoms. The van der Waals surface area contributed by atoms with E-state index in [2.05, 4.69) is 15.0 Å². The fourth-order valence-electron chi connectivity index (χ4n) is 1.25. The molecule has 72 valence electrons. The first kappa shape index (κ1) is 9.01. The quantitative estimate of drug-likeness (QED) is 0.722. The maximum atomic E-state index is 11.5. The largest absolute Gasteiger partial charge is 0.315 e. The number of hydrogen-bond donors (Lipinski definition) is 1. The Hall–Kier alpha value is -1.56. The van der Waals surface area contributed by atoms with Crippen LogP contribution in [0.15, 0.2) is 12.5 Å². The van der Waals surface area contributed by atoms with Gasteiger partial charge in [0, 0.05) is 6.42 Å². The lowest BCUT2D eigenvalue weighted by Gasteiger charge is -1.97. The Morgan fingerprint density at radius 2 is 2.50 bits per heavy atom. The number of rotatable bonds is 1. The molecule has 0 saturated heterocycles. The SMILES string of the molecule is CCC(=O)n1c(=S)[nH]c2ncncc21. The summed E-state index contributed by atoms with van der Waals surface area (Å²) >= 11 is 5.01. The number of nitrogens with zero attached hydrogens (tertiary/aromatic N) is 3. The minimum Gasteiger partial charge on any atom is -0.315 e. The summed E-state index contributed by atoms with van der Waals surface area (Å²) in [6.07, 6.45) is 3.38. The molecule has 0 radical (unpaired) electrons. The van der Waals surface area contributed by atoms with E-state index in [0.29, 0.717) is 22.4 Å². The third-order valence-corrected chi connectivity index (χ3v) is 2.20. The van der Waals surface area contributed by atoms with Crippen molar-refractivity contribution < 1.29 is 4.79 Å². The molecule has 2 aromatic heterocycles. The smallest absolute Gasteiger partial charge is 0.233 e. The minimum atomic E-state index is -0.0592. The highest BCUT2D eigenvalue weighted by atomic mass is 32.1. The zero-order valence-electron chi connectivity index (χ0n) is 7.52. The molecule has 0 atom stereocenters. The first-order valence-electron chi connectivity index (χ1n) is 4.18. The summed E-state index contributed by atoms with van der Waals surface area (Å²) in [5, 5.41) is 0. The van der Waals surface area contributed by atoms with Gasteiger partial charge in [-0.15, -0.1) is 0 Å². The summed E-state index contributed by atoms with van der Waals surface area (Å²) in [7, 11) is 0. The molecule has 2 aromatic rings. The standard InChI is InChI=1S/C8H8N4OS/c1-2-6(13)12-5-3-9-4-10-7(5)11-8(12)14/h3-4H,2H2,1H3,(H,9,10,11,14). The van der Waals surface area contributed by atoms with E-state index in [9.17, 15) is 4.79 Å². The molecule has 14 heavy (non-hydrogen) atoms. The monoisotopic (exact) mass is 208 g/mol. The molecule has 0 amide bonds. The molecular weight excluding hydrogens is 200 g/mol. The summed E-state index contributed by atoms with van der Waals surface area (Å²) in [6.45, 7) is 1.78. The van der Waals surface area contributed by atoms with Gasteiger partial charge in [-0.2, -0.15) is 0 Å². The van der Waals surface area contributed by atoms with Gasteiger partial charge in [-0.3, -0.25) is 9.36 Å². The van der Waals surface area contributed by atoms with Crippen molar-refractivity contribution in [1.29, 1.82) is 0 Å². The highest BCUT2D eigenvalue weighted by Gasteiger charge is 2.10. The van der Waals surface area contributed by atoms with Crippen LogP contribution in [0.3, 0.4) is 0 Å². The van der Waals surface area contributed by atoms with Crippen molar-refractivity contribution in [2.75, 3.05) is 0 Å². The van der Waals surface area contributed by atoms with Crippen LogP contribution in [0, 0.1) is 4.77 Å². The minimum absolute atomic E-state index is 0.0592. The second-order valence-corrected chi connectivity index (χ2v) is 3.16. The van der Waals surface area contributed by atoms with Crippen molar-refractivity contribution >= 4 is 29.3 Å². The van der Waals surface area contributed by atoms with Crippen molar-refractivity contribution in [3.05, 3.63) is 17.3 Å². The van der Waals surface area contributed by atoms with Gasteiger partial charge >= 0.3 is 0 Å². The molecule has 0 aliphatic carbocycles. The number of aromatic amines is 1. The van der Waals surface area contributed by atoms with E-state index < -0.39 is 0 Å². The third kappa shape index (κ3) is 1.24. The second-order valence-electron chi connectivity index (χ2n) is 2.77. The van der Waals surface area contributed by atoms with Crippen LogP contribution in [0.25, 0.3) is 11.2 Å². The number of aromatic nitrogens is 4. The molecular formula is C8H8N4OS. The van der Waals surface area contributed by atoms with E-state index in [4.69, 9.17) is 12.2 Å². The molecule has 0 unspecified atom stereocenters. The van der Waals surface area contributed by atoms with Gasteiger partial charge in [-0.1, -0.05) is 6.92 Å². The zero-order chi connectivity index (χ0) is 10.1. The maximum Gasteiger partial charge on any atom is 0.233 e. The van der Waals surface area contributed by atoms with E-state index in [1.807, 2.05) is 0 Å². The summed E-state index contributed by atoms with van der Waals surface area (Å²) in [5.41, 5.74) is 1.22. The van der Waals surface area contributed by atoms with Crippen LogP contribution in [-0.4, -0.2) is 25.4 Å². The summed E-state index contributed by atoms with van der Waals surface area (Å²) in [6, 6.07) is 0. The molecule has 1 N–H and O–H groups in total. The van der Waals surface area contributed by atoms with Gasteiger partial charge in [0.15, 0.2) is 10.4 Å². The predicted octanol–water partition coefficient (Wildman–Crippen LogP) is 1.54. The average molecular weight is 208 g/mol. The first-order chi connectivity index (χ1) is 6.74. The molecule has 0 aliphatic heterocycles. The van der Waals surface area contributed by atoms with Crippen molar-refractivity contribution in [3.8, 4) is 0 Å². The normalized spacial score (nSPS) is 10.6. The molecule has 0 spiro atoms. The molecule has 0 fully saturated rings. The van der Waals surface area contributed by atoms with Gasteiger partial charge in [0.1, 0.15) is 11.8 Å². The zero-order valence-corrected chi connectivity index (χ0v) is 8.34. The number of nitrogens with one attached hydrogen (secondary N) is 1. The van der Waals surface area contributed by atoms with Gasteiger partial charge in [0.05, 0.1) is 6.20 Å². The van der Waals surface area contributed by atoms with Crippen molar-refractivity contribution in [3.63, 3.8) is 0 Å². The summed E-state index contributed by atoms with van der Waals surface area (Å²) in [5.74, 6) is -0.0592. The van der Waals surface area contributed by atoms with Crippen LogP contribution < -0.4 is 0 Å². The lowest BCUT2D eigenvalue weighted by atomic mass is 10.4. The molecule has 0 saturated carbocycles. The highest BCUT2D eigenvalue weighted by molar-refractivity contribution is 7.71. The molecule has 2 rings (SSSR count). The highest BCUT2D eigenvalue weighted by Crippen LogP contribution is 2.09. The molecule has 2 heterocycles. The Labute approximate surface area is 84.8 Å². The van der Waals surface area contributed by atoms with E-state index in [0.717, 1.165) is 0 Å². The first-order valence-corrected chi connectivity index (χ1v) is 4.58. The lowest BCUT2D eigenvalue weighted by molar-refractivity contribution is 0.0912.